The molecular formula is C12H13ClN2O3. The molecule has 1 aromatic carbocycles. The minimum absolute atomic E-state index is 0.0716. The van der Waals surface area contributed by atoms with Crippen LogP contribution in [0.15, 0.2) is 18.2 Å². The van der Waals surface area contributed by atoms with Crippen LogP contribution in [0.3, 0.4) is 0 Å². The predicted octanol–water partition coefficient (Wildman–Crippen LogP) is 1.01. The van der Waals surface area contributed by atoms with Gasteiger partial charge in [0.1, 0.15) is 11.8 Å². The van der Waals surface area contributed by atoms with Gasteiger partial charge in [0.2, 0.25) is 5.91 Å². The average Bonchev–Trinajstić information content (AvgIpc) is 2.35. The molecule has 18 heavy (non-hydrogen) atoms. The molecule has 6 heteroatoms. The number of piperazine rings is 1. The molecule has 2 N–H and O–H groups in total. The second kappa shape index (κ2) is 4.86. The van der Waals surface area contributed by atoms with Crippen molar-refractivity contribution in [2.45, 2.75) is 13.0 Å². The number of nitrogens with one attached hydrogen (secondary N) is 1. The molecule has 5 nitrogen and oxygen atoms in total. The molecule has 1 saturated heterocycles. The van der Waals surface area contributed by atoms with Gasteiger partial charge in [-0.05, 0) is 25.1 Å². The van der Waals surface area contributed by atoms with Crippen LogP contribution in [0.5, 0.6) is 5.75 Å². The van der Waals surface area contributed by atoms with Gasteiger partial charge in [0.15, 0.2) is 0 Å². The van der Waals surface area contributed by atoms with Crippen molar-refractivity contribution in [3.8, 4) is 5.75 Å². The largest absolute Gasteiger partial charge is 0.506 e. The average molecular weight is 269 g/mol. The zero-order valence-electron chi connectivity index (χ0n) is 9.81. The second-order valence-electron chi connectivity index (χ2n) is 4.13. The number of amides is 2. The van der Waals surface area contributed by atoms with E-state index in [1.807, 2.05) is 0 Å². The van der Waals surface area contributed by atoms with E-state index in [0.29, 0.717) is 18.7 Å². The van der Waals surface area contributed by atoms with Crippen molar-refractivity contribution < 1.29 is 14.7 Å². The van der Waals surface area contributed by atoms with E-state index in [9.17, 15) is 14.7 Å². The van der Waals surface area contributed by atoms with Crippen LogP contribution in [0.25, 0.3) is 0 Å². The van der Waals surface area contributed by atoms with Gasteiger partial charge >= 0.3 is 0 Å². The van der Waals surface area contributed by atoms with Gasteiger partial charge in [-0.3, -0.25) is 9.59 Å². The second-order valence-corrected chi connectivity index (χ2v) is 4.54. The molecule has 0 bridgehead atoms. The molecule has 1 aromatic rings. The number of halogens is 1. The lowest BCUT2D eigenvalue weighted by Gasteiger charge is -2.32. The van der Waals surface area contributed by atoms with Gasteiger partial charge in [0.25, 0.3) is 5.91 Å². The molecule has 2 rings (SSSR count). The monoisotopic (exact) mass is 268 g/mol. The van der Waals surface area contributed by atoms with Crippen molar-refractivity contribution in [1.29, 1.82) is 0 Å². The number of nitrogens with zero attached hydrogens (tertiary/aromatic N) is 1. The van der Waals surface area contributed by atoms with Crippen molar-refractivity contribution in [3.63, 3.8) is 0 Å². The molecule has 0 spiro atoms. The van der Waals surface area contributed by atoms with Crippen LogP contribution >= 0.6 is 11.6 Å². The summed E-state index contributed by atoms with van der Waals surface area (Å²) in [6.07, 6.45) is 0. The molecule has 1 fully saturated rings. The lowest BCUT2D eigenvalue weighted by atomic mass is 10.1. The molecule has 1 atom stereocenters. The number of rotatable bonds is 1. The number of phenolic OH excluding ortho intramolecular Hbond substituents is 1. The van der Waals surface area contributed by atoms with Crippen LogP contribution in [0.2, 0.25) is 5.02 Å². The number of aromatic hydroxyl groups is 1. The number of hydrogen-bond donors (Lipinski definition) is 2. The number of benzene rings is 1. The molecule has 96 valence electrons. The maximum atomic E-state index is 12.2. The summed E-state index contributed by atoms with van der Waals surface area (Å²) in [6, 6.07) is 3.75. The van der Waals surface area contributed by atoms with Gasteiger partial charge < -0.3 is 15.3 Å². The highest BCUT2D eigenvalue weighted by Crippen LogP contribution is 2.24. The summed E-state index contributed by atoms with van der Waals surface area (Å²) in [6.45, 7) is 2.58. The van der Waals surface area contributed by atoms with Gasteiger partial charge in [-0.1, -0.05) is 11.6 Å². The van der Waals surface area contributed by atoms with Crippen molar-refractivity contribution in [3.05, 3.63) is 28.8 Å². The Morgan fingerprint density at radius 1 is 1.56 bits per heavy atom. The Morgan fingerprint density at radius 3 is 2.94 bits per heavy atom. The predicted molar refractivity (Wildman–Crippen MR) is 66.6 cm³/mol. The van der Waals surface area contributed by atoms with E-state index in [2.05, 4.69) is 5.32 Å². The highest BCUT2D eigenvalue weighted by Gasteiger charge is 2.29. The van der Waals surface area contributed by atoms with Crippen LogP contribution in [0, 0.1) is 0 Å². The minimum atomic E-state index is -0.501. The van der Waals surface area contributed by atoms with Crippen LogP contribution in [0.1, 0.15) is 17.3 Å². The van der Waals surface area contributed by atoms with E-state index < -0.39 is 6.04 Å². The summed E-state index contributed by atoms with van der Waals surface area (Å²) >= 11 is 5.76. The standard InChI is InChI=1S/C12H13ClN2O3/c1-7-11(17)14-4-5-15(7)12(18)8-2-3-10(16)9(13)6-8/h2-3,6-7,16H,4-5H2,1H3,(H,14,17). The number of phenols is 1. The number of carbonyl (C=O) groups is 2. The van der Waals surface area contributed by atoms with E-state index in [1.54, 1.807) is 6.92 Å². The Bertz CT molecular complexity index is 504. The summed E-state index contributed by atoms with van der Waals surface area (Å²) in [5, 5.41) is 12.1. The van der Waals surface area contributed by atoms with E-state index in [4.69, 9.17) is 11.6 Å². The third-order valence-corrected chi connectivity index (χ3v) is 3.26. The van der Waals surface area contributed by atoms with Gasteiger partial charge in [-0.2, -0.15) is 0 Å². The molecule has 0 saturated carbocycles. The zero-order valence-corrected chi connectivity index (χ0v) is 10.6. The SMILES string of the molecule is CC1C(=O)NCCN1C(=O)c1ccc(O)c(Cl)c1. The lowest BCUT2D eigenvalue weighted by molar-refractivity contribution is -0.127. The molecule has 0 radical (unpaired) electrons. The van der Waals surface area contributed by atoms with Crippen LogP contribution in [0.4, 0.5) is 0 Å². The number of carbonyl (C=O) groups excluding carboxylic acids is 2. The maximum absolute atomic E-state index is 12.2. The summed E-state index contributed by atoms with van der Waals surface area (Å²) in [5.74, 6) is -0.503. The van der Waals surface area contributed by atoms with Crippen molar-refractivity contribution in [1.82, 2.24) is 10.2 Å². The van der Waals surface area contributed by atoms with Crippen LogP contribution in [-0.2, 0) is 4.79 Å². The smallest absolute Gasteiger partial charge is 0.254 e. The van der Waals surface area contributed by atoms with Gasteiger partial charge in [-0.15, -0.1) is 0 Å². The first-order chi connectivity index (χ1) is 8.50. The van der Waals surface area contributed by atoms with Gasteiger partial charge in [-0.25, -0.2) is 0 Å². The molecule has 0 aliphatic carbocycles. The van der Waals surface area contributed by atoms with Gasteiger partial charge in [0, 0.05) is 18.7 Å². The quantitative estimate of drug-likeness (QED) is 0.799. The summed E-state index contributed by atoms with van der Waals surface area (Å²) in [7, 11) is 0. The summed E-state index contributed by atoms with van der Waals surface area (Å²) in [5.41, 5.74) is 0.361. The molecule has 2 amide bonds. The highest BCUT2D eigenvalue weighted by molar-refractivity contribution is 6.32. The Labute approximate surface area is 109 Å². The van der Waals surface area contributed by atoms with Crippen molar-refractivity contribution in [2.24, 2.45) is 0 Å². The maximum Gasteiger partial charge on any atom is 0.254 e. The minimum Gasteiger partial charge on any atom is -0.506 e. The topological polar surface area (TPSA) is 69.6 Å². The first kappa shape index (κ1) is 12.7. The fourth-order valence-electron chi connectivity index (χ4n) is 1.87. The lowest BCUT2D eigenvalue weighted by Crippen LogP contribution is -2.55. The van der Waals surface area contributed by atoms with E-state index in [1.165, 1.54) is 23.1 Å². The third kappa shape index (κ3) is 2.26. The highest BCUT2D eigenvalue weighted by atomic mass is 35.5. The Balaban J connectivity index is 2.25. The normalized spacial score (nSPS) is 19.6. The number of hydrogen-bond acceptors (Lipinski definition) is 3. The van der Waals surface area contributed by atoms with Gasteiger partial charge in [0.05, 0.1) is 5.02 Å². The molecule has 1 heterocycles. The van der Waals surface area contributed by atoms with E-state index >= 15 is 0 Å². The van der Waals surface area contributed by atoms with Crippen molar-refractivity contribution in [2.75, 3.05) is 13.1 Å². The Morgan fingerprint density at radius 2 is 2.28 bits per heavy atom. The summed E-state index contributed by atoms with van der Waals surface area (Å²) in [4.78, 5) is 25.2. The van der Waals surface area contributed by atoms with Crippen molar-refractivity contribution >= 4 is 23.4 Å². The first-order valence-corrected chi connectivity index (χ1v) is 5.95. The first-order valence-electron chi connectivity index (χ1n) is 5.58. The van der Waals surface area contributed by atoms with Crippen LogP contribution in [-0.4, -0.2) is 41.0 Å². The van der Waals surface area contributed by atoms with E-state index in [-0.39, 0.29) is 22.6 Å². The fourth-order valence-corrected chi connectivity index (χ4v) is 2.05. The molecule has 1 unspecified atom stereocenters. The molecule has 0 aromatic heterocycles. The Kier molecular flexibility index (Phi) is 3.43. The Hall–Kier alpha value is -1.75. The summed E-state index contributed by atoms with van der Waals surface area (Å²) < 4.78 is 0. The molecular weight excluding hydrogens is 256 g/mol. The molecule has 1 aliphatic heterocycles. The molecule has 1 aliphatic rings. The third-order valence-electron chi connectivity index (χ3n) is 2.95. The van der Waals surface area contributed by atoms with E-state index in [0.717, 1.165) is 0 Å². The van der Waals surface area contributed by atoms with Crippen LogP contribution < -0.4 is 5.32 Å². The zero-order chi connectivity index (χ0) is 13.3. The fraction of sp³-hybridized carbons (Fsp3) is 0.333.